The molecule has 0 atom stereocenters. The fourth-order valence-electron chi connectivity index (χ4n) is 1.92. The Bertz CT molecular complexity index is 830. The van der Waals surface area contributed by atoms with Crippen LogP contribution >= 0.6 is 11.6 Å². The van der Waals surface area contributed by atoms with Gasteiger partial charge < -0.3 is 15.5 Å². The molecule has 0 spiro atoms. The van der Waals surface area contributed by atoms with Crippen molar-refractivity contribution in [2.45, 2.75) is 0 Å². The molecule has 0 fully saturated rings. The summed E-state index contributed by atoms with van der Waals surface area (Å²) in [6, 6.07) is 8.21. The van der Waals surface area contributed by atoms with Gasteiger partial charge in [-0.3, -0.25) is 4.79 Å². The number of nitrogen functional groups attached to an aromatic ring is 1. The first-order valence-corrected chi connectivity index (χ1v) is 6.43. The molecule has 2 aromatic heterocycles. The molecule has 0 saturated carbocycles. The molecular weight excluding hydrogens is 288 g/mol. The average Bonchev–Trinajstić information content (AvgIpc) is 2.78. The largest absolute Gasteiger partial charge is 0.449 e. The van der Waals surface area contributed by atoms with E-state index in [2.05, 4.69) is 10.3 Å². The maximum Gasteiger partial charge on any atom is 0.294 e. The third-order valence-electron chi connectivity index (χ3n) is 2.93. The van der Waals surface area contributed by atoms with Crippen molar-refractivity contribution >= 4 is 53.3 Å². The van der Waals surface area contributed by atoms with E-state index in [9.17, 15) is 4.79 Å². The molecule has 0 unspecified atom stereocenters. The maximum atomic E-state index is 12.2. The summed E-state index contributed by atoms with van der Waals surface area (Å²) in [7, 11) is 5.67. The topological polar surface area (TPSA) is 81.2 Å². The Morgan fingerprint density at radius 3 is 2.86 bits per heavy atom. The fourth-order valence-corrected chi connectivity index (χ4v) is 2.04. The van der Waals surface area contributed by atoms with E-state index >= 15 is 0 Å². The highest BCUT2D eigenvalue weighted by atomic mass is 35.5. The highest BCUT2D eigenvalue weighted by molar-refractivity contribution is 6.33. The van der Waals surface area contributed by atoms with Gasteiger partial charge in [0.25, 0.3) is 5.91 Å². The summed E-state index contributed by atoms with van der Waals surface area (Å²) >= 11 is 5.73. The van der Waals surface area contributed by atoms with E-state index in [1.807, 2.05) is 0 Å². The lowest BCUT2D eigenvalue weighted by Crippen LogP contribution is -2.13. The lowest BCUT2D eigenvalue weighted by Gasteiger charge is -2.02. The molecule has 3 N–H and O–H groups in total. The molecule has 5 nitrogen and oxygen atoms in total. The first-order chi connectivity index (χ1) is 10.0. The second kappa shape index (κ2) is 5.14. The van der Waals surface area contributed by atoms with Crippen molar-refractivity contribution in [1.82, 2.24) is 4.98 Å². The number of nitrogens with one attached hydrogen (secondary N) is 1. The number of carbonyl (C=O) groups is 1. The van der Waals surface area contributed by atoms with Gasteiger partial charge in [0.2, 0.25) is 5.76 Å². The van der Waals surface area contributed by atoms with Crippen LogP contribution in [0.15, 0.2) is 40.9 Å². The van der Waals surface area contributed by atoms with Gasteiger partial charge >= 0.3 is 0 Å². The predicted octanol–water partition coefficient (Wildman–Crippen LogP) is 2.11. The molecule has 2 heterocycles. The van der Waals surface area contributed by atoms with Crippen LogP contribution in [0.25, 0.3) is 11.0 Å². The lowest BCUT2D eigenvalue weighted by molar-refractivity contribution is 0.0999. The summed E-state index contributed by atoms with van der Waals surface area (Å²) in [5.41, 5.74) is 7.18. The Morgan fingerprint density at radius 2 is 2.14 bits per heavy atom. The third-order valence-corrected chi connectivity index (χ3v) is 3.15. The summed E-state index contributed by atoms with van der Waals surface area (Å²) in [6.07, 6.45) is 1.43. The van der Waals surface area contributed by atoms with Gasteiger partial charge in [-0.1, -0.05) is 23.1 Å². The number of pyridine rings is 1. The van der Waals surface area contributed by atoms with Crippen LogP contribution in [-0.4, -0.2) is 18.7 Å². The van der Waals surface area contributed by atoms with Crippen LogP contribution in [0, 0.1) is 0 Å². The molecule has 7 heteroatoms. The first-order valence-electron chi connectivity index (χ1n) is 6.05. The van der Waals surface area contributed by atoms with Gasteiger partial charge in [-0.15, -0.1) is 0 Å². The first kappa shape index (κ1) is 13.5. The molecule has 2 radical (unpaired) electrons. The average molecular weight is 298 g/mol. The molecule has 0 bridgehead atoms. The van der Waals surface area contributed by atoms with Crippen LogP contribution < -0.4 is 16.5 Å². The van der Waals surface area contributed by atoms with E-state index in [1.165, 1.54) is 6.20 Å². The summed E-state index contributed by atoms with van der Waals surface area (Å²) in [4.78, 5) is 16.2. The SMILES string of the molecule is [B]c1ccc2c(N)c(C(=O)Nc3ccc(Cl)cn3)oc2c1. The Labute approximate surface area is 126 Å². The molecule has 1 aromatic carbocycles. The van der Waals surface area contributed by atoms with E-state index in [-0.39, 0.29) is 11.4 Å². The van der Waals surface area contributed by atoms with Gasteiger partial charge in [-0.2, -0.15) is 0 Å². The minimum atomic E-state index is -0.489. The summed E-state index contributed by atoms with van der Waals surface area (Å²) in [6.45, 7) is 0. The van der Waals surface area contributed by atoms with Crippen molar-refractivity contribution in [1.29, 1.82) is 0 Å². The number of hydrogen-bond acceptors (Lipinski definition) is 4. The lowest BCUT2D eigenvalue weighted by atomic mass is 9.95. The highest BCUT2D eigenvalue weighted by Crippen LogP contribution is 2.28. The molecule has 102 valence electrons. The van der Waals surface area contributed by atoms with Crippen LogP contribution in [0.2, 0.25) is 5.02 Å². The van der Waals surface area contributed by atoms with Crippen molar-refractivity contribution in [3.05, 3.63) is 47.3 Å². The number of halogens is 1. The molecule has 0 aliphatic rings. The van der Waals surface area contributed by atoms with Crippen molar-refractivity contribution < 1.29 is 9.21 Å². The van der Waals surface area contributed by atoms with Crippen LogP contribution in [0.4, 0.5) is 11.5 Å². The number of nitrogens with two attached hydrogens (primary N) is 1. The summed E-state index contributed by atoms with van der Waals surface area (Å²) in [5, 5.41) is 3.70. The maximum absolute atomic E-state index is 12.2. The molecule has 3 rings (SSSR count). The van der Waals surface area contributed by atoms with Crippen LogP contribution in [0.3, 0.4) is 0 Å². The monoisotopic (exact) mass is 297 g/mol. The molecule has 21 heavy (non-hydrogen) atoms. The number of aromatic nitrogens is 1. The van der Waals surface area contributed by atoms with E-state index < -0.39 is 5.91 Å². The summed E-state index contributed by atoms with van der Waals surface area (Å²) < 4.78 is 5.47. The van der Waals surface area contributed by atoms with E-state index in [0.717, 1.165) is 0 Å². The van der Waals surface area contributed by atoms with Crippen LogP contribution in [0.5, 0.6) is 0 Å². The minimum absolute atomic E-state index is 0.0207. The third kappa shape index (κ3) is 2.58. The Hall–Kier alpha value is -2.47. The van der Waals surface area contributed by atoms with E-state index in [1.54, 1.807) is 30.3 Å². The van der Waals surface area contributed by atoms with Crippen molar-refractivity contribution in [3.8, 4) is 0 Å². The Kier molecular flexibility index (Phi) is 3.31. The van der Waals surface area contributed by atoms with Gasteiger partial charge in [-0.05, 0) is 24.3 Å². The highest BCUT2D eigenvalue weighted by Gasteiger charge is 2.18. The van der Waals surface area contributed by atoms with E-state index in [4.69, 9.17) is 29.6 Å². The predicted molar refractivity (Wildman–Crippen MR) is 83.2 cm³/mol. The number of rotatable bonds is 2. The second-order valence-electron chi connectivity index (χ2n) is 4.42. The van der Waals surface area contributed by atoms with E-state index in [0.29, 0.717) is 27.3 Å². The Morgan fingerprint density at radius 1 is 1.33 bits per heavy atom. The van der Waals surface area contributed by atoms with Gasteiger partial charge in [0.1, 0.15) is 19.2 Å². The number of fused-ring (bicyclic) bond motifs is 1. The number of amides is 1. The normalized spacial score (nSPS) is 10.7. The molecule has 3 aromatic rings. The molecule has 1 amide bonds. The minimum Gasteiger partial charge on any atom is -0.449 e. The van der Waals surface area contributed by atoms with Crippen molar-refractivity contribution in [2.75, 3.05) is 11.1 Å². The molecular formula is C14H9BClN3O2. The molecule has 0 aliphatic carbocycles. The van der Waals surface area contributed by atoms with Gasteiger partial charge in [-0.25, -0.2) is 4.98 Å². The van der Waals surface area contributed by atoms with Crippen molar-refractivity contribution in [2.24, 2.45) is 0 Å². The number of furan rings is 1. The number of anilines is 2. The summed E-state index contributed by atoms with van der Waals surface area (Å²) in [5.74, 6) is -0.117. The molecule has 0 saturated heterocycles. The van der Waals surface area contributed by atoms with Crippen LogP contribution in [0.1, 0.15) is 10.6 Å². The van der Waals surface area contributed by atoms with Gasteiger partial charge in [0, 0.05) is 11.6 Å². The number of nitrogens with zero attached hydrogens (tertiary/aromatic N) is 1. The van der Waals surface area contributed by atoms with Gasteiger partial charge in [0.05, 0.1) is 10.7 Å². The number of hydrogen-bond donors (Lipinski definition) is 2. The smallest absolute Gasteiger partial charge is 0.294 e. The second-order valence-corrected chi connectivity index (χ2v) is 4.85. The Balaban J connectivity index is 1.94. The zero-order chi connectivity index (χ0) is 15.0. The zero-order valence-electron chi connectivity index (χ0n) is 10.8. The van der Waals surface area contributed by atoms with Gasteiger partial charge in [0.15, 0.2) is 0 Å². The number of carbonyl (C=O) groups excluding carboxylic acids is 1. The standard InChI is InChI=1S/C14H9BClN3O2/c15-7-1-3-9-10(5-7)21-13(12(9)17)14(20)19-11-4-2-8(16)6-18-11/h1-6H,17H2,(H,18,19,20). The zero-order valence-corrected chi connectivity index (χ0v) is 11.5. The quantitative estimate of drug-likeness (QED) is 0.710. The van der Waals surface area contributed by atoms with Crippen molar-refractivity contribution in [3.63, 3.8) is 0 Å². The number of benzene rings is 1. The molecule has 0 aliphatic heterocycles. The fraction of sp³-hybridized carbons (Fsp3) is 0. The van der Waals surface area contributed by atoms with Crippen LogP contribution in [-0.2, 0) is 0 Å².